The van der Waals surface area contributed by atoms with Gasteiger partial charge < -0.3 is 14.2 Å². The van der Waals surface area contributed by atoms with Crippen LogP contribution < -0.4 is 19.6 Å². The largest absolute Gasteiger partial charge is 0.493 e. The third-order valence-corrected chi connectivity index (χ3v) is 3.94. The molecule has 148 valence electrons. The summed E-state index contributed by atoms with van der Waals surface area (Å²) in [6.45, 7) is 0.316. The number of methoxy groups -OCH3 is 1. The highest BCUT2D eigenvalue weighted by atomic mass is 16.5. The molecule has 0 atom stereocenters. The van der Waals surface area contributed by atoms with E-state index < -0.39 is 0 Å². The molecule has 0 aliphatic heterocycles. The summed E-state index contributed by atoms with van der Waals surface area (Å²) in [6, 6.07) is 24.5. The van der Waals surface area contributed by atoms with E-state index in [9.17, 15) is 4.79 Å². The molecule has 0 aromatic heterocycles. The third kappa shape index (κ3) is 6.39. The van der Waals surface area contributed by atoms with Crippen LogP contribution in [0.25, 0.3) is 0 Å². The Morgan fingerprint density at radius 3 is 2.48 bits per heavy atom. The Bertz CT molecular complexity index is 958. The van der Waals surface area contributed by atoms with Crippen LogP contribution >= 0.6 is 0 Å². The average Bonchev–Trinajstić information content (AvgIpc) is 2.77. The van der Waals surface area contributed by atoms with Gasteiger partial charge in [0.15, 0.2) is 18.1 Å². The topological polar surface area (TPSA) is 69.2 Å². The van der Waals surface area contributed by atoms with Gasteiger partial charge in [-0.2, -0.15) is 5.10 Å². The number of rotatable bonds is 9. The molecule has 0 spiro atoms. The van der Waals surface area contributed by atoms with E-state index in [0.29, 0.717) is 18.1 Å². The van der Waals surface area contributed by atoms with Gasteiger partial charge in [0, 0.05) is 0 Å². The van der Waals surface area contributed by atoms with Gasteiger partial charge in [-0.1, -0.05) is 54.6 Å². The minimum absolute atomic E-state index is 0.169. The maximum absolute atomic E-state index is 11.9. The number of benzene rings is 3. The number of amides is 1. The molecule has 3 aromatic carbocycles. The quantitative estimate of drug-likeness (QED) is 0.446. The Kier molecular flexibility index (Phi) is 7.23. The SMILES string of the molecule is COc1ccccc1OCC(=O)NN=Cc1cccc(OCc2ccccc2)c1. The van der Waals surface area contributed by atoms with Crippen LogP contribution in [0.3, 0.4) is 0 Å². The van der Waals surface area contributed by atoms with E-state index in [2.05, 4.69) is 10.5 Å². The van der Waals surface area contributed by atoms with Crippen LogP contribution in [0.4, 0.5) is 0 Å². The lowest BCUT2D eigenvalue weighted by Gasteiger charge is -2.09. The smallest absolute Gasteiger partial charge is 0.277 e. The molecular formula is C23H22N2O4. The highest BCUT2D eigenvalue weighted by molar-refractivity contribution is 5.83. The predicted octanol–water partition coefficient (Wildman–Crippen LogP) is 3.80. The van der Waals surface area contributed by atoms with E-state index in [1.165, 1.54) is 0 Å². The number of ether oxygens (including phenoxy) is 3. The zero-order valence-corrected chi connectivity index (χ0v) is 16.1. The summed E-state index contributed by atoms with van der Waals surface area (Å²) in [5.41, 5.74) is 4.34. The molecule has 0 aliphatic rings. The Morgan fingerprint density at radius 2 is 1.69 bits per heavy atom. The van der Waals surface area contributed by atoms with Crippen molar-refractivity contribution < 1.29 is 19.0 Å². The predicted molar refractivity (Wildman–Crippen MR) is 111 cm³/mol. The summed E-state index contributed by atoms with van der Waals surface area (Å²) < 4.78 is 16.4. The van der Waals surface area contributed by atoms with E-state index in [1.807, 2.05) is 60.7 Å². The van der Waals surface area contributed by atoms with Crippen molar-refractivity contribution in [2.45, 2.75) is 6.61 Å². The second-order valence-corrected chi connectivity index (χ2v) is 6.08. The van der Waals surface area contributed by atoms with Gasteiger partial charge in [-0.3, -0.25) is 4.79 Å². The van der Waals surface area contributed by atoms with E-state index in [0.717, 1.165) is 16.9 Å². The summed E-state index contributed by atoms with van der Waals surface area (Å²) in [5, 5.41) is 3.96. The van der Waals surface area contributed by atoms with Crippen molar-refractivity contribution >= 4 is 12.1 Å². The molecule has 6 nitrogen and oxygen atoms in total. The molecule has 0 radical (unpaired) electrons. The van der Waals surface area contributed by atoms with Crippen molar-refractivity contribution in [3.8, 4) is 17.2 Å². The van der Waals surface area contributed by atoms with Crippen LogP contribution in [0.5, 0.6) is 17.2 Å². The molecule has 0 saturated carbocycles. The van der Waals surface area contributed by atoms with E-state index in [1.54, 1.807) is 31.5 Å². The third-order valence-electron chi connectivity index (χ3n) is 3.94. The first-order valence-electron chi connectivity index (χ1n) is 9.09. The number of hydrogen-bond donors (Lipinski definition) is 1. The van der Waals surface area contributed by atoms with Crippen molar-refractivity contribution in [3.05, 3.63) is 90.0 Å². The molecule has 0 saturated heterocycles. The molecule has 0 aliphatic carbocycles. The minimum atomic E-state index is -0.372. The highest BCUT2D eigenvalue weighted by Crippen LogP contribution is 2.25. The second kappa shape index (κ2) is 10.5. The molecule has 29 heavy (non-hydrogen) atoms. The first-order valence-corrected chi connectivity index (χ1v) is 9.09. The first-order chi connectivity index (χ1) is 14.2. The molecule has 3 rings (SSSR count). The van der Waals surface area contributed by atoms with Gasteiger partial charge >= 0.3 is 0 Å². The summed E-state index contributed by atoms with van der Waals surface area (Å²) >= 11 is 0. The fourth-order valence-electron chi connectivity index (χ4n) is 2.52. The van der Waals surface area contributed by atoms with Gasteiger partial charge in [0.05, 0.1) is 13.3 Å². The van der Waals surface area contributed by atoms with Crippen molar-refractivity contribution in [1.29, 1.82) is 0 Å². The van der Waals surface area contributed by atoms with Crippen molar-refractivity contribution in [3.63, 3.8) is 0 Å². The number of carbonyl (C=O) groups excluding carboxylic acids is 1. The fourth-order valence-corrected chi connectivity index (χ4v) is 2.52. The van der Waals surface area contributed by atoms with Crippen molar-refractivity contribution in [1.82, 2.24) is 5.43 Å². The van der Waals surface area contributed by atoms with Crippen LogP contribution in [0.1, 0.15) is 11.1 Å². The molecular weight excluding hydrogens is 368 g/mol. The summed E-state index contributed by atoms with van der Waals surface area (Å²) in [5.74, 6) is 1.42. The molecule has 3 aromatic rings. The Balaban J connectivity index is 1.47. The van der Waals surface area contributed by atoms with Crippen LogP contribution in [0, 0.1) is 0 Å². The molecule has 0 fully saturated rings. The van der Waals surface area contributed by atoms with Gasteiger partial charge in [-0.05, 0) is 35.4 Å². The van der Waals surface area contributed by atoms with E-state index in [4.69, 9.17) is 14.2 Å². The van der Waals surface area contributed by atoms with Crippen LogP contribution in [-0.2, 0) is 11.4 Å². The lowest BCUT2D eigenvalue weighted by atomic mass is 10.2. The first kappa shape index (κ1) is 19.9. The number of carbonyl (C=O) groups is 1. The highest BCUT2D eigenvalue weighted by Gasteiger charge is 2.06. The monoisotopic (exact) mass is 390 g/mol. The Labute approximate surface area is 169 Å². The molecule has 1 N–H and O–H groups in total. The summed E-state index contributed by atoms with van der Waals surface area (Å²) in [6.07, 6.45) is 1.55. The van der Waals surface area contributed by atoms with Gasteiger partial charge in [0.25, 0.3) is 5.91 Å². The van der Waals surface area contributed by atoms with Crippen LogP contribution in [-0.4, -0.2) is 25.8 Å². The normalized spacial score (nSPS) is 10.5. The van der Waals surface area contributed by atoms with Crippen molar-refractivity contribution in [2.24, 2.45) is 5.10 Å². The van der Waals surface area contributed by atoms with Crippen molar-refractivity contribution in [2.75, 3.05) is 13.7 Å². The van der Waals surface area contributed by atoms with Crippen LogP contribution in [0.2, 0.25) is 0 Å². The minimum Gasteiger partial charge on any atom is -0.493 e. The Hall–Kier alpha value is -3.80. The molecule has 1 amide bonds. The Morgan fingerprint density at radius 1 is 0.931 bits per heavy atom. The zero-order chi connectivity index (χ0) is 20.3. The van der Waals surface area contributed by atoms with Gasteiger partial charge in [0.2, 0.25) is 0 Å². The number of nitrogens with one attached hydrogen (secondary N) is 1. The van der Waals surface area contributed by atoms with Crippen LogP contribution in [0.15, 0.2) is 84.0 Å². The second-order valence-electron chi connectivity index (χ2n) is 6.08. The maximum Gasteiger partial charge on any atom is 0.277 e. The number of nitrogens with zero attached hydrogens (tertiary/aromatic N) is 1. The van der Waals surface area contributed by atoms with Gasteiger partial charge in [0.1, 0.15) is 12.4 Å². The number of para-hydroxylation sites is 2. The average molecular weight is 390 g/mol. The molecule has 0 bridgehead atoms. The van der Waals surface area contributed by atoms with E-state index in [-0.39, 0.29) is 12.5 Å². The lowest BCUT2D eigenvalue weighted by Crippen LogP contribution is -2.24. The fraction of sp³-hybridized carbons (Fsp3) is 0.130. The number of hydrazone groups is 1. The van der Waals surface area contributed by atoms with E-state index >= 15 is 0 Å². The molecule has 6 heteroatoms. The summed E-state index contributed by atoms with van der Waals surface area (Å²) in [7, 11) is 1.55. The number of hydrogen-bond acceptors (Lipinski definition) is 5. The standard InChI is InChI=1S/C23H22N2O4/c1-27-21-12-5-6-13-22(21)29-17-23(26)25-24-15-19-10-7-11-20(14-19)28-16-18-8-3-2-4-9-18/h2-15H,16-17H2,1H3,(H,25,26). The molecule has 0 heterocycles. The van der Waals surface area contributed by atoms with Gasteiger partial charge in [-0.15, -0.1) is 0 Å². The zero-order valence-electron chi connectivity index (χ0n) is 16.1. The maximum atomic E-state index is 11.9. The summed E-state index contributed by atoms with van der Waals surface area (Å²) in [4.78, 5) is 11.9. The lowest BCUT2D eigenvalue weighted by molar-refractivity contribution is -0.123. The van der Waals surface area contributed by atoms with Gasteiger partial charge in [-0.25, -0.2) is 5.43 Å². The molecule has 0 unspecified atom stereocenters.